The van der Waals surface area contributed by atoms with E-state index < -0.39 is 5.97 Å². The van der Waals surface area contributed by atoms with Crippen LogP contribution >= 0.6 is 15.9 Å². The van der Waals surface area contributed by atoms with Crippen LogP contribution in [0.4, 0.5) is 0 Å². The van der Waals surface area contributed by atoms with Crippen LogP contribution in [-0.2, 0) is 4.79 Å². The van der Waals surface area contributed by atoms with Gasteiger partial charge in [-0.2, -0.15) is 0 Å². The molecule has 0 radical (unpaired) electrons. The summed E-state index contributed by atoms with van der Waals surface area (Å²) < 4.78 is 0. The molecule has 0 bridgehead atoms. The Morgan fingerprint density at radius 2 is 1.94 bits per heavy atom. The second-order valence-electron chi connectivity index (χ2n) is 4.52. The zero-order valence-corrected chi connectivity index (χ0v) is 12.1. The van der Waals surface area contributed by atoms with Crippen molar-refractivity contribution >= 4 is 21.9 Å². The van der Waals surface area contributed by atoms with Crippen molar-refractivity contribution in [3.8, 4) is 0 Å². The smallest absolute Gasteiger partial charge is 0.306 e. The number of alkyl halides is 1. The van der Waals surface area contributed by atoms with Crippen molar-refractivity contribution in [3.05, 3.63) is 0 Å². The number of unbranched alkanes of at least 4 members (excludes halogenated alkanes) is 1. The van der Waals surface area contributed by atoms with Gasteiger partial charge in [-0.25, -0.2) is 0 Å². The van der Waals surface area contributed by atoms with Crippen molar-refractivity contribution in [1.82, 2.24) is 0 Å². The second kappa shape index (κ2) is 10.1. The molecule has 0 fully saturated rings. The SMILES string of the molecule is CCCCC(CC)CC(CCCBr)C(=O)O. The average molecular weight is 293 g/mol. The standard InChI is InChI=1S/C13H25BrO2/c1-3-5-7-11(4-2)10-12(13(15)16)8-6-9-14/h11-12H,3-10H2,1-2H3,(H,15,16). The molecule has 0 spiro atoms. The fourth-order valence-electron chi connectivity index (χ4n) is 2.05. The maximum atomic E-state index is 11.1. The highest BCUT2D eigenvalue weighted by Gasteiger charge is 2.20. The third-order valence-electron chi connectivity index (χ3n) is 3.20. The quantitative estimate of drug-likeness (QED) is 0.603. The summed E-state index contributed by atoms with van der Waals surface area (Å²) in [6.07, 6.45) is 7.35. The van der Waals surface area contributed by atoms with E-state index in [4.69, 9.17) is 5.11 Å². The molecule has 0 aromatic heterocycles. The minimum Gasteiger partial charge on any atom is -0.481 e. The summed E-state index contributed by atoms with van der Waals surface area (Å²) in [5.41, 5.74) is 0. The number of carbonyl (C=O) groups is 1. The van der Waals surface area contributed by atoms with Crippen LogP contribution in [0.5, 0.6) is 0 Å². The van der Waals surface area contributed by atoms with Crippen molar-refractivity contribution in [3.63, 3.8) is 0 Å². The molecule has 2 unspecified atom stereocenters. The van der Waals surface area contributed by atoms with Gasteiger partial charge in [-0.3, -0.25) is 4.79 Å². The third kappa shape index (κ3) is 7.26. The summed E-state index contributed by atoms with van der Waals surface area (Å²) in [6, 6.07) is 0. The Labute approximate surface area is 108 Å². The number of carboxylic acids is 1. The van der Waals surface area contributed by atoms with Crippen molar-refractivity contribution in [2.75, 3.05) is 5.33 Å². The second-order valence-corrected chi connectivity index (χ2v) is 5.31. The fraction of sp³-hybridized carbons (Fsp3) is 0.923. The predicted octanol–water partition coefficient (Wildman–Crippen LogP) is 4.47. The Hall–Kier alpha value is -0.0500. The lowest BCUT2D eigenvalue weighted by Crippen LogP contribution is -2.18. The van der Waals surface area contributed by atoms with E-state index in [1.807, 2.05) is 0 Å². The van der Waals surface area contributed by atoms with Gasteiger partial charge in [0.25, 0.3) is 0 Å². The monoisotopic (exact) mass is 292 g/mol. The summed E-state index contributed by atoms with van der Waals surface area (Å²) in [7, 11) is 0. The highest BCUT2D eigenvalue weighted by molar-refractivity contribution is 9.09. The molecule has 0 aliphatic carbocycles. The van der Waals surface area contributed by atoms with Gasteiger partial charge in [-0.1, -0.05) is 55.5 Å². The first-order valence-corrected chi connectivity index (χ1v) is 7.56. The molecule has 16 heavy (non-hydrogen) atoms. The normalized spacial score (nSPS) is 14.7. The fourth-order valence-corrected chi connectivity index (χ4v) is 2.37. The molecule has 0 saturated heterocycles. The van der Waals surface area contributed by atoms with Crippen LogP contribution in [0.2, 0.25) is 0 Å². The summed E-state index contributed by atoms with van der Waals surface area (Å²) in [5, 5.41) is 10.1. The largest absolute Gasteiger partial charge is 0.481 e. The molecular formula is C13H25BrO2. The van der Waals surface area contributed by atoms with Crippen molar-refractivity contribution in [2.45, 2.75) is 58.8 Å². The van der Waals surface area contributed by atoms with E-state index >= 15 is 0 Å². The lowest BCUT2D eigenvalue weighted by Gasteiger charge is -2.19. The molecule has 0 rings (SSSR count). The molecule has 0 aromatic carbocycles. The zero-order valence-electron chi connectivity index (χ0n) is 10.5. The number of halogens is 1. The number of hydrogen-bond donors (Lipinski definition) is 1. The Kier molecular flexibility index (Phi) is 10.1. The van der Waals surface area contributed by atoms with Crippen LogP contribution in [0.1, 0.15) is 58.8 Å². The van der Waals surface area contributed by atoms with Crippen LogP contribution in [0.3, 0.4) is 0 Å². The number of aliphatic carboxylic acids is 1. The lowest BCUT2D eigenvalue weighted by molar-refractivity contribution is -0.142. The van der Waals surface area contributed by atoms with E-state index in [0.29, 0.717) is 5.92 Å². The van der Waals surface area contributed by atoms with Gasteiger partial charge in [0.05, 0.1) is 5.92 Å². The Morgan fingerprint density at radius 1 is 1.25 bits per heavy atom. The molecule has 3 heteroatoms. The van der Waals surface area contributed by atoms with Gasteiger partial charge in [0.2, 0.25) is 0 Å². The zero-order chi connectivity index (χ0) is 12.4. The highest BCUT2D eigenvalue weighted by Crippen LogP contribution is 2.24. The molecule has 0 aliphatic rings. The molecule has 2 nitrogen and oxygen atoms in total. The van der Waals surface area contributed by atoms with Crippen LogP contribution in [0, 0.1) is 11.8 Å². The van der Waals surface area contributed by atoms with Gasteiger partial charge in [0.1, 0.15) is 0 Å². The van der Waals surface area contributed by atoms with Crippen LogP contribution in [0.15, 0.2) is 0 Å². The van der Waals surface area contributed by atoms with Gasteiger partial charge in [-0.15, -0.1) is 0 Å². The minimum absolute atomic E-state index is 0.139. The Morgan fingerprint density at radius 3 is 2.38 bits per heavy atom. The van der Waals surface area contributed by atoms with Crippen molar-refractivity contribution in [1.29, 1.82) is 0 Å². The Bertz CT molecular complexity index is 183. The molecule has 0 heterocycles. The van der Waals surface area contributed by atoms with Gasteiger partial charge in [-0.05, 0) is 25.2 Å². The highest BCUT2D eigenvalue weighted by atomic mass is 79.9. The predicted molar refractivity (Wildman–Crippen MR) is 72.1 cm³/mol. The summed E-state index contributed by atoms with van der Waals surface area (Å²) in [6.45, 7) is 4.36. The van der Waals surface area contributed by atoms with Crippen LogP contribution in [0.25, 0.3) is 0 Å². The summed E-state index contributed by atoms with van der Waals surface area (Å²) >= 11 is 3.36. The van der Waals surface area contributed by atoms with Crippen LogP contribution in [-0.4, -0.2) is 16.4 Å². The van der Waals surface area contributed by atoms with Crippen LogP contribution < -0.4 is 0 Å². The summed E-state index contributed by atoms with van der Waals surface area (Å²) in [5.74, 6) is -0.161. The Balaban J connectivity index is 4.06. The molecule has 1 N–H and O–H groups in total. The van der Waals surface area contributed by atoms with E-state index in [1.54, 1.807) is 0 Å². The number of rotatable bonds is 10. The van der Waals surface area contributed by atoms with Crippen molar-refractivity contribution in [2.24, 2.45) is 11.8 Å². The van der Waals surface area contributed by atoms with Gasteiger partial charge in [0, 0.05) is 5.33 Å². The van der Waals surface area contributed by atoms with E-state index in [0.717, 1.165) is 31.0 Å². The first-order valence-electron chi connectivity index (χ1n) is 6.44. The van der Waals surface area contributed by atoms with E-state index in [9.17, 15) is 4.79 Å². The topological polar surface area (TPSA) is 37.3 Å². The maximum absolute atomic E-state index is 11.1. The average Bonchev–Trinajstić information content (AvgIpc) is 2.28. The molecule has 96 valence electrons. The van der Waals surface area contributed by atoms with Gasteiger partial charge >= 0.3 is 5.97 Å². The van der Waals surface area contributed by atoms with E-state index in [1.165, 1.54) is 19.3 Å². The number of hydrogen-bond acceptors (Lipinski definition) is 1. The third-order valence-corrected chi connectivity index (χ3v) is 3.76. The molecule has 0 saturated carbocycles. The lowest BCUT2D eigenvalue weighted by atomic mass is 9.86. The molecule has 0 aromatic rings. The molecular weight excluding hydrogens is 268 g/mol. The minimum atomic E-state index is -0.615. The van der Waals surface area contributed by atoms with Gasteiger partial charge < -0.3 is 5.11 Å². The molecule has 2 atom stereocenters. The van der Waals surface area contributed by atoms with Crippen molar-refractivity contribution < 1.29 is 9.90 Å². The van der Waals surface area contributed by atoms with E-state index in [-0.39, 0.29) is 5.92 Å². The van der Waals surface area contributed by atoms with Gasteiger partial charge in [0.15, 0.2) is 0 Å². The number of carboxylic acid groups (broad SMARTS) is 1. The maximum Gasteiger partial charge on any atom is 0.306 e. The first-order chi connectivity index (χ1) is 7.65. The first kappa shape index (κ1) is 16.0. The van der Waals surface area contributed by atoms with E-state index in [2.05, 4.69) is 29.8 Å². The molecule has 0 amide bonds. The summed E-state index contributed by atoms with van der Waals surface area (Å²) in [4.78, 5) is 11.1. The molecule has 0 aliphatic heterocycles.